The van der Waals surface area contributed by atoms with Crippen LogP contribution in [0.4, 0.5) is 20.8 Å². The van der Waals surface area contributed by atoms with Gasteiger partial charge in [0.1, 0.15) is 23.2 Å². The Bertz CT molecular complexity index is 1360. The SMILES string of the molecule is CCC(=O)c1ccc(F)c([C@@H]2CC2NC(=O)Nc2ccc(C=NC)cn2)c1OC(=O)c1ccc(N)nc1. The van der Waals surface area contributed by atoms with Gasteiger partial charge in [0.15, 0.2) is 5.78 Å². The van der Waals surface area contributed by atoms with E-state index in [-0.39, 0.29) is 40.5 Å². The van der Waals surface area contributed by atoms with Crippen LogP contribution in [0.2, 0.25) is 0 Å². The number of anilines is 2. The molecule has 4 rings (SSSR count). The highest BCUT2D eigenvalue weighted by molar-refractivity contribution is 6.01. The number of Topliss-reactive ketones (excluding diaryl/α,β-unsaturated/α-hetero) is 1. The van der Waals surface area contributed by atoms with E-state index in [0.29, 0.717) is 12.2 Å². The molecule has 0 aliphatic heterocycles. The molecular weight excluding hydrogens is 479 g/mol. The average molecular weight is 505 g/mol. The van der Waals surface area contributed by atoms with Crippen molar-refractivity contribution in [2.75, 3.05) is 18.1 Å². The van der Waals surface area contributed by atoms with Gasteiger partial charge in [-0.15, -0.1) is 0 Å². The fourth-order valence-corrected chi connectivity index (χ4v) is 3.82. The van der Waals surface area contributed by atoms with Gasteiger partial charge in [0.05, 0.1) is 11.1 Å². The van der Waals surface area contributed by atoms with E-state index in [9.17, 15) is 14.4 Å². The Balaban J connectivity index is 1.53. The number of hydrogen-bond donors (Lipinski definition) is 3. The summed E-state index contributed by atoms with van der Waals surface area (Å²) in [6.07, 6.45) is 4.95. The molecule has 11 heteroatoms. The molecule has 0 bridgehead atoms. The molecule has 4 N–H and O–H groups in total. The average Bonchev–Trinajstić information content (AvgIpc) is 3.63. The summed E-state index contributed by atoms with van der Waals surface area (Å²) in [6.45, 7) is 1.66. The van der Waals surface area contributed by atoms with E-state index >= 15 is 4.39 Å². The Kier molecular flexibility index (Phi) is 7.52. The molecule has 2 heterocycles. The van der Waals surface area contributed by atoms with E-state index in [0.717, 1.165) is 5.56 Å². The normalized spacial score (nSPS) is 16.3. The van der Waals surface area contributed by atoms with E-state index in [2.05, 4.69) is 25.6 Å². The lowest BCUT2D eigenvalue weighted by atomic mass is 10.00. The first-order valence-electron chi connectivity index (χ1n) is 11.6. The molecule has 1 unspecified atom stereocenters. The number of hydrogen-bond acceptors (Lipinski definition) is 8. The molecule has 2 amide bonds. The van der Waals surface area contributed by atoms with Gasteiger partial charge >= 0.3 is 12.0 Å². The number of nitrogen functional groups attached to an aromatic ring is 1. The highest BCUT2D eigenvalue weighted by Crippen LogP contribution is 2.47. The molecule has 190 valence electrons. The summed E-state index contributed by atoms with van der Waals surface area (Å²) in [5.74, 6) is -1.88. The smallest absolute Gasteiger partial charge is 0.345 e. The largest absolute Gasteiger partial charge is 0.422 e. The van der Waals surface area contributed by atoms with Crippen LogP contribution in [0.3, 0.4) is 0 Å². The number of carbonyl (C=O) groups is 3. The fourth-order valence-electron chi connectivity index (χ4n) is 3.82. The van der Waals surface area contributed by atoms with E-state index in [1.54, 1.807) is 38.5 Å². The van der Waals surface area contributed by atoms with Crippen molar-refractivity contribution in [1.29, 1.82) is 0 Å². The van der Waals surface area contributed by atoms with Gasteiger partial charge < -0.3 is 15.8 Å². The summed E-state index contributed by atoms with van der Waals surface area (Å²) in [4.78, 5) is 49.8. The first-order chi connectivity index (χ1) is 17.8. The Morgan fingerprint density at radius 3 is 2.62 bits per heavy atom. The third-order valence-corrected chi connectivity index (χ3v) is 5.77. The molecule has 0 spiro atoms. The summed E-state index contributed by atoms with van der Waals surface area (Å²) in [5, 5.41) is 5.39. The maximum atomic E-state index is 15.1. The van der Waals surface area contributed by atoms with Crippen molar-refractivity contribution >= 4 is 35.6 Å². The van der Waals surface area contributed by atoms with Crippen molar-refractivity contribution in [3.05, 3.63) is 76.9 Å². The molecule has 10 nitrogen and oxygen atoms in total. The molecule has 1 aliphatic carbocycles. The Morgan fingerprint density at radius 1 is 1.16 bits per heavy atom. The summed E-state index contributed by atoms with van der Waals surface area (Å²) in [6, 6.07) is 7.73. The zero-order valence-corrected chi connectivity index (χ0v) is 20.2. The molecule has 1 aliphatic rings. The third-order valence-electron chi connectivity index (χ3n) is 5.77. The van der Waals surface area contributed by atoms with E-state index in [4.69, 9.17) is 10.5 Å². The van der Waals surface area contributed by atoms with Crippen molar-refractivity contribution in [3.8, 4) is 5.75 Å². The number of ketones is 1. The van der Waals surface area contributed by atoms with Crippen molar-refractivity contribution in [2.45, 2.75) is 31.7 Å². The van der Waals surface area contributed by atoms with Crippen molar-refractivity contribution < 1.29 is 23.5 Å². The second-order valence-electron chi connectivity index (χ2n) is 8.39. The van der Waals surface area contributed by atoms with Gasteiger partial charge in [-0.1, -0.05) is 6.92 Å². The minimum atomic E-state index is -0.810. The van der Waals surface area contributed by atoms with Crippen LogP contribution in [-0.2, 0) is 0 Å². The van der Waals surface area contributed by atoms with E-state index in [1.165, 1.54) is 30.5 Å². The van der Waals surface area contributed by atoms with Crippen LogP contribution in [0, 0.1) is 5.82 Å². The van der Waals surface area contributed by atoms with Crippen LogP contribution in [0.25, 0.3) is 0 Å². The van der Waals surface area contributed by atoms with Crippen LogP contribution in [0.15, 0.2) is 53.8 Å². The highest BCUT2D eigenvalue weighted by Gasteiger charge is 2.44. The predicted molar refractivity (Wildman–Crippen MR) is 136 cm³/mol. The van der Waals surface area contributed by atoms with Gasteiger partial charge in [-0.05, 0) is 42.8 Å². The number of amides is 2. The molecule has 0 radical (unpaired) electrons. The lowest BCUT2D eigenvalue weighted by Gasteiger charge is -2.15. The molecule has 2 atom stereocenters. The summed E-state index contributed by atoms with van der Waals surface area (Å²) >= 11 is 0. The van der Waals surface area contributed by atoms with Gasteiger partial charge in [0.25, 0.3) is 0 Å². The van der Waals surface area contributed by atoms with Crippen LogP contribution >= 0.6 is 0 Å². The minimum Gasteiger partial charge on any atom is -0.422 e. The van der Waals surface area contributed by atoms with E-state index in [1.807, 2.05) is 0 Å². The topological polar surface area (TPSA) is 149 Å². The predicted octanol–water partition coefficient (Wildman–Crippen LogP) is 3.74. The molecule has 1 aromatic carbocycles. The monoisotopic (exact) mass is 504 g/mol. The summed E-state index contributed by atoms with van der Waals surface area (Å²) in [5.41, 5.74) is 6.59. The third kappa shape index (κ3) is 5.95. The Morgan fingerprint density at radius 2 is 1.97 bits per heavy atom. The van der Waals surface area contributed by atoms with Crippen LogP contribution in [-0.4, -0.2) is 47.1 Å². The summed E-state index contributed by atoms with van der Waals surface area (Å²) < 4.78 is 20.6. The lowest BCUT2D eigenvalue weighted by molar-refractivity contribution is 0.0729. The number of benzene rings is 1. The number of pyridine rings is 2. The second-order valence-corrected chi connectivity index (χ2v) is 8.39. The van der Waals surface area contributed by atoms with Gasteiger partial charge in [-0.3, -0.25) is 15.1 Å². The zero-order chi connectivity index (χ0) is 26.5. The Hall–Kier alpha value is -4.67. The number of nitrogens with two attached hydrogens (primary N) is 1. The van der Waals surface area contributed by atoms with Crippen molar-refractivity contribution in [1.82, 2.24) is 15.3 Å². The summed E-state index contributed by atoms with van der Waals surface area (Å²) in [7, 11) is 1.64. The number of ether oxygens (including phenoxy) is 1. The number of esters is 1. The molecule has 2 aromatic heterocycles. The standard InChI is InChI=1S/C26H25FN6O4/c1-3-20(34)16-6-7-18(27)23(24(16)37-25(35)15-5-8-21(28)30-13-15)17-10-19(17)32-26(36)33-22-9-4-14(11-29-2)12-31-22/h4-9,11-13,17,19H,3,10H2,1-2H3,(H2,28,30)(H2,31,32,33,36)/t17-,19?/m1/s1. The fraction of sp³-hybridized carbons (Fsp3) is 0.231. The number of carbonyl (C=O) groups excluding carboxylic acids is 3. The van der Waals surface area contributed by atoms with Crippen LogP contribution < -0.4 is 21.1 Å². The van der Waals surface area contributed by atoms with Crippen molar-refractivity contribution in [2.24, 2.45) is 4.99 Å². The number of urea groups is 1. The minimum absolute atomic E-state index is 0.0580. The first-order valence-corrected chi connectivity index (χ1v) is 11.6. The van der Waals surface area contributed by atoms with Crippen molar-refractivity contribution in [3.63, 3.8) is 0 Å². The molecule has 1 saturated carbocycles. The van der Waals surface area contributed by atoms with Gasteiger partial charge in [-0.25, -0.2) is 23.9 Å². The Labute approximate surface area is 212 Å². The number of aromatic nitrogens is 2. The van der Waals surface area contributed by atoms with Crippen LogP contribution in [0.5, 0.6) is 5.75 Å². The molecule has 37 heavy (non-hydrogen) atoms. The van der Waals surface area contributed by atoms with Gasteiger partial charge in [0, 0.05) is 55.2 Å². The maximum Gasteiger partial charge on any atom is 0.345 e. The number of halogens is 1. The number of nitrogens with one attached hydrogen (secondary N) is 2. The quantitative estimate of drug-likeness (QED) is 0.183. The lowest BCUT2D eigenvalue weighted by Crippen LogP contribution is -2.31. The van der Waals surface area contributed by atoms with Gasteiger partial charge in [0.2, 0.25) is 0 Å². The molecule has 1 fully saturated rings. The number of nitrogens with zero attached hydrogens (tertiary/aromatic N) is 3. The molecule has 0 saturated heterocycles. The zero-order valence-electron chi connectivity index (χ0n) is 20.2. The first kappa shape index (κ1) is 25.4. The second kappa shape index (κ2) is 10.9. The number of aliphatic imine (C=N–C) groups is 1. The molecule has 3 aromatic rings. The van der Waals surface area contributed by atoms with E-state index < -0.39 is 29.8 Å². The van der Waals surface area contributed by atoms with Crippen LogP contribution in [0.1, 0.15) is 57.5 Å². The maximum absolute atomic E-state index is 15.1. The highest BCUT2D eigenvalue weighted by atomic mass is 19.1. The number of rotatable bonds is 8. The van der Waals surface area contributed by atoms with Gasteiger partial charge in [-0.2, -0.15) is 0 Å². The molecular formula is C26H25FN6O4.